The molecular weight excluding hydrogens is 333 g/mol. The third-order valence-corrected chi connectivity index (χ3v) is 4.04. The van der Waals surface area contributed by atoms with Gasteiger partial charge in [-0.05, 0) is 22.0 Å². The highest BCUT2D eigenvalue weighted by Crippen LogP contribution is 2.34. The summed E-state index contributed by atoms with van der Waals surface area (Å²) >= 11 is 8.43. The van der Waals surface area contributed by atoms with Crippen molar-refractivity contribution in [2.24, 2.45) is 0 Å². The lowest BCUT2D eigenvalue weighted by Gasteiger charge is -2.01. The van der Waals surface area contributed by atoms with Gasteiger partial charge in [0.2, 0.25) is 0 Å². The zero-order valence-corrected chi connectivity index (χ0v) is 10.7. The van der Waals surface area contributed by atoms with E-state index in [0.717, 1.165) is 12.1 Å². The highest BCUT2D eigenvalue weighted by molar-refractivity contribution is 9.10. The number of benzene rings is 1. The molecule has 0 aromatic heterocycles. The van der Waals surface area contributed by atoms with Crippen LogP contribution in [0.3, 0.4) is 0 Å². The summed E-state index contributed by atoms with van der Waals surface area (Å²) in [5, 5.41) is 10.3. The predicted molar refractivity (Wildman–Crippen MR) is 58.8 cm³/mol. The van der Waals surface area contributed by atoms with Crippen LogP contribution < -0.4 is 0 Å². The number of halogens is 3. The molecule has 0 heterocycles. The van der Waals surface area contributed by atoms with E-state index < -0.39 is 19.7 Å². The van der Waals surface area contributed by atoms with Crippen molar-refractivity contribution in [2.75, 3.05) is 0 Å². The van der Waals surface area contributed by atoms with Crippen LogP contribution in [0.1, 0.15) is 0 Å². The van der Waals surface area contributed by atoms with Gasteiger partial charge in [-0.2, -0.15) is 0 Å². The van der Waals surface area contributed by atoms with Gasteiger partial charge in [-0.3, -0.25) is 10.1 Å². The van der Waals surface area contributed by atoms with Crippen LogP contribution >= 0.6 is 38.2 Å². The maximum atomic E-state index is 11.0. The summed E-state index contributed by atoms with van der Waals surface area (Å²) in [5.41, 5.74) is -0.515. The minimum atomic E-state index is -4.04. The Labute approximate surface area is 103 Å². The summed E-state index contributed by atoms with van der Waals surface area (Å²) in [4.78, 5) is 9.30. The van der Waals surface area contributed by atoms with Gasteiger partial charge in [-0.25, -0.2) is 8.42 Å². The van der Waals surface area contributed by atoms with Crippen LogP contribution in [0.4, 0.5) is 5.69 Å². The van der Waals surface area contributed by atoms with Gasteiger partial charge in [0.05, 0.1) is 4.92 Å². The second-order valence-corrected chi connectivity index (χ2v) is 6.22. The van der Waals surface area contributed by atoms with Crippen molar-refractivity contribution in [1.29, 1.82) is 0 Å². The van der Waals surface area contributed by atoms with Gasteiger partial charge in [0.15, 0.2) is 0 Å². The van der Waals surface area contributed by atoms with Crippen molar-refractivity contribution < 1.29 is 13.3 Å². The zero-order valence-electron chi connectivity index (χ0n) is 6.78. The molecule has 0 radical (unpaired) electrons. The first-order valence-corrected chi connectivity index (χ1v) is 6.79. The lowest BCUT2D eigenvalue weighted by atomic mass is 10.3. The quantitative estimate of drug-likeness (QED) is 0.473. The number of rotatable bonds is 2. The molecule has 82 valence electrons. The summed E-state index contributed by atoms with van der Waals surface area (Å²) in [6.45, 7) is 0. The first kappa shape index (κ1) is 12.7. The number of nitrogens with zero attached hydrogens (tertiary/aromatic N) is 1. The third kappa shape index (κ3) is 2.81. The smallest absolute Gasteiger partial charge is 0.258 e. The molecule has 0 spiro atoms. The van der Waals surface area contributed by atoms with Crippen LogP contribution in [0.5, 0.6) is 0 Å². The highest BCUT2D eigenvalue weighted by atomic mass is 79.9. The Morgan fingerprint density at radius 2 is 1.93 bits per heavy atom. The van der Waals surface area contributed by atoms with Crippen molar-refractivity contribution in [2.45, 2.75) is 4.90 Å². The van der Waals surface area contributed by atoms with Gasteiger partial charge in [-0.1, -0.05) is 11.6 Å². The number of nitro groups is 1. The van der Waals surface area contributed by atoms with Crippen molar-refractivity contribution >= 4 is 53.0 Å². The average Bonchev–Trinajstić information content (AvgIpc) is 2.00. The molecule has 0 amide bonds. The Kier molecular flexibility index (Phi) is 3.59. The second-order valence-electron chi connectivity index (χ2n) is 2.43. The first-order valence-electron chi connectivity index (χ1n) is 3.31. The normalized spacial score (nSPS) is 11.4. The molecule has 9 heteroatoms. The molecule has 0 saturated heterocycles. The van der Waals surface area contributed by atoms with E-state index in [0.29, 0.717) is 0 Å². The topological polar surface area (TPSA) is 77.3 Å². The van der Waals surface area contributed by atoms with E-state index in [1.54, 1.807) is 0 Å². The number of nitro benzene ring substituents is 1. The van der Waals surface area contributed by atoms with Crippen molar-refractivity contribution in [1.82, 2.24) is 0 Å². The van der Waals surface area contributed by atoms with Gasteiger partial charge in [0.25, 0.3) is 14.7 Å². The molecule has 0 aliphatic carbocycles. The Balaban J connectivity index is 3.58. The van der Waals surface area contributed by atoms with Crippen LogP contribution in [0.25, 0.3) is 0 Å². The maximum Gasteiger partial charge on any atom is 0.289 e. The summed E-state index contributed by atoms with van der Waals surface area (Å²) in [6.07, 6.45) is 0. The van der Waals surface area contributed by atoms with Gasteiger partial charge < -0.3 is 0 Å². The molecule has 15 heavy (non-hydrogen) atoms. The largest absolute Gasteiger partial charge is 0.289 e. The molecule has 0 fully saturated rings. The van der Waals surface area contributed by atoms with E-state index in [2.05, 4.69) is 15.9 Å². The van der Waals surface area contributed by atoms with Crippen molar-refractivity contribution in [3.05, 3.63) is 31.7 Å². The van der Waals surface area contributed by atoms with E-state index in [9.17, 15) is 18.5 Å². The Hall–Kier alpha value is -0.370. The van der Waals surface area contributed by atoms with Gasteiger partial charge in [0.1, 0.15) is 9.92 Å². The average molecular weight is 335 g/mol. The monoisotopic (exact) mass is 333 g/mol. The molecule has 0 bridgehead atoms. The van der Waals surface area contributed by atoms with Crippen LogP contribution in [0.2, 0.25) is 5.02 Å². The molecule has 0 aliphatic rings. The summed E-state index contributed by atoms with van der Waals surface area (Å²) in [7, 11) is 1.03. The van der Waals surface area contributed by atoms with E-state index in [1.807, 2.05) is 0 Å². The molecule has 0 saturated carbocycles. The Bertz CT molecular complexity index is 530. The van der Waals surface area contributed by atoms with E-state index in [1.165, 1.54) is 0 Å². The van der Waals surface area contributed by atoms with Gasteiger partial charge in [0, 0.05) is 21.2 Å². The van der Waals surface area contributed by atoms with E-state index in [4.69, 9.17) is 22.3 Å². The molecule has 0 atom stereocenters. The fourth-order valence-electron chi connectivity index (χ4n) is 0.845. The predicted octanol–water partition coefficient (Wildman–Crippen LogP) is 2.94. The minimum absolute atomic E-state index is 0.0769. The lowest BCUT2D eigenvalue weighted by Crippen LogP contribution is -1.96. The van der Waals surface area contributed by atoms with Crippen LogP contribution in [-0.4, -0.2) is 13.3 Å². The van der Waals surface area contributed by atoms with Crippen LogP contribution in [0.15, 0.2) is 21.5 Å². The first-order chi connectivity index (χ1) is 6.73. The second kappa shape index (κ2) is 4.25. The third-order valence-electron chi connectivity index (χ3n) is 1.46. The maximum absolute atomic E-state index is 11.0. The zero-order chi connectivity index (χ0) is 11.8. The highest BCUT2D eigenvalue weighted by Gasteiger charge is 2.22. The fraction of sp³-hybridized carbons (Fsp3) is 0. The van der Waals surface area contributed by atoms with Gasteiger partial charge in [-0.15, -0.1) is 0 Å². The SMILES string of the molecule is O=[N+]([O-])c1cc(S(=O)(=O)Cl)c(Br)cc1Cl. The molecule has 0 aliphatic heterocycles. The summed E-state index contributed by atoms with van der Waals surface area (Å²) < 4.78 is 22.1. The van der Waals surface area contributed by atoms with Crippen molar-refractivity contribution in [3.8, 4) is 0 Å². The lowest BCUT2D eigenvalue weighted by molar-refractivity contribution is -0.384. The van der Waals surface area contributed by atoms with Crippen LogP contribution in [-0.2, 0) is 9.05 Å². The molecule has 0 N–H and O–H groups in total. The van der Waals surface area contributed by atoms with E-state index >= 15 is 0 Å². The summed E-state index contributed by atoms with van der Waals surface area (Å²) in [6, 6.07) is 1.91. The molecule has 0 unspecified atom stereocenters. The van der Waals surface area contributed by atoms with Gasteiger partial charge >= 0.3 is 0 Å². The molecule has 1 rings (SSSR count). The minimum Gasteiger partial charge on any atom is -0.258 e. The molecule has 1 aromatic carbocycles. The Morgan fingerprint density at radius 3 is 2.33 bits per heavy atom. The van der Waals surface area contributed by atoms with E-state index in [-0.39, 0.29) is 14.4 Å². The summed E-state index contributed by atoms with van der Waals surface area (Å²) in [5.74, 6) is 0. The van der Waals surface area contributed by atoms with Crippen LogP contribution in [0, 0.1) is 10.1 Å². The molecular formula is C6H2BrCl2NO4S. The fourth-order valence-corrected chi connectivity index (χ4v) is 3.40. The number of hydrogen-bond acceptors (Lipinski definition) is 4. The molecule has 5 nitrogen and oxygen atoms in total. The van der Waals surface area contributed by atoms with Crippen molar-refractivity contribution in [3.63, 3.8) is 0 Å². The molecule has 1 aromatic rings. The Morgan fingerprint density at radius 1 is 1.40 bits per heavy atom. The standard InChI is InChI=1S/C6H2BrCl2NO4S/c7-3-1-4(8)5(10(11)12)2-6(3)15(9,13)14/h1-2H. The number of hydrogen-bond donors (Lipinski definition) is 0.